The highest BCUT2D eigenvalue weighted by Gasteiger charge is 2.32. The molecule has 1 aromatic carbocycles. The lowest BCUT2D eigenvalue weighted by Crippen LogP contribution is -2.48. The van der Waals surface area contributed by atoms with E-state index in [1.807, 2.05) is 13.8 Å². The standard InChI is InChI=1S/C19H20F2N2O2S/c1-11(2)26-19-14(4-3-5-22-19)13-7-15(20)18(16(21)8-13)23-9-12(10-23)6-17(24)25/h3-5,7-8,11-12H,6,9-10H2,1-2H3,(H,24,25). The number of hydrogen-bond acceptors (Lipinski definition) is 4. The van der Waals surface area contributed by atoms with Crippen molar-refractivity contribution in [3.8, 4) is 11.1 Å². The number of rotatable bonds is 6. The molecule has 2 heterocycles. The van der Waals surface area contributed by atoms with Gasteiger partial charge in [0.15, 0.2) is 0 Å². The maximum atomic E-state index is 14.6. The number of carboxylic acid groups (broad SMARTS) is 1. The van der Waals surface area contributed by atoms with Gasteiger partial charge in [-0.1, -0.05) is 19.9 Å². The van der Waals surface area contributed by atoms with Crippen LogP contribution in [0.3, 0.4) is 0 Å². The van der Waals surface area contributed by atoms with Crippen molar-refractivity contribution in [3.63, 3.8) is 0 Å². The number of aromatic nitrogens is 1. The molecule has 1 saturated heterocycles. The Balaban J connectivity index is 1.86. The molecule has 0 saturated carbocycles. The number of pyridine rings is 1. The predicted octanol–water partition coefficient (Wildman–Crippen LogP) is 4.44. The molecule has 1 aliphatic heterocycles. The number of anilines is 1. The zero-order chi connectivity index (χ0) is 18.8. The monoisotopic (exact) mass is 378 g/mol. The van der Waals surface area contributed by atoms with Crippen LogP contribution in [-0.4, -0.2) is 34.4 Å². The van der Waals surface area contributed by atoms with Gasteiger partial charge in [0, 0.05) is 36.0 Å². The zero-order valence-corrected chi connectivity index (χ0v) is 15.4. The van der Waals surface area contributed by atoms with Crippen LogP contribution in [-0.2, 0) is 4.79 Å². The van der Waals surface area contributed by atoms with Crippen LogP contribution in [0.25, 0.3) is 11.1 Å². The highest BCUT2D eigenvalue weighted by atomic mass is 32.2. The van der Waals surface area contributed by atoms with Gasteiger partial charge >= 0.3 is 5.97 Å². The molecule has 0 radical (unpaired) electrons. The Kier molecular flexibility index (Phi) is 5.46. The van der Waals surface area contributed by atoms with E-state index >= 15 is 0 Å². The summed E-state index contributed by atoms with van der Waals surface area (Å²) in [4.78, 5) is 16.6. The second kappa shape index (κ2) is 7.61. The van der Waals surface area contributed by atoms with E-state index in [4.69, 9.17) is 5.11 Å². The largest absolute Gasteiger partial charge is 0.481 e. The number of benzene rings is 1. The van der Waals surface area contributed by atoms with Gasteiger partial charge in [-0.05, 0) is 23.8 Å². The molecule has 0 aliphatic carbocycles. The van der Waals surface area contributed by atoms with Crippen LogP contribution in [0.1, 0.15) is 20.3 Å². The van der Waals surface area contributed by atoms with E-state index in [9.17, 15) is 13.6 Å². The molecule has 1 aromatic heterocycles. The van der Waals surface area contributed by atoms with Crippen LogP contribution in [0.5, 0.6) is 0 Å². The normalized spacial score (nSPS) is 14.6. The average Bonchev–Trinajstić information content (AvgIpc) is 2.51. The number of aliphatic carboxylic acids is 1. The van der Waals surface area contributed by atoms with Crippen LogP contribution in [0.15, 0.2) is 35.5 Å². The fraction of sp³-hybridized carbons (Fsp3) is 0.368. The minimum Gasteiger partial charge on any atom is -0.481 e. The summed E-state index contributed by atoms with van der Waals surface area (Å²) in [5.41, 5.74) is 1.06. The van der Waals surface area contributed by atoms with E-state index in [2.05, 4.69) is 4.98 Å². The van der Waals surface area contributed by atoms with Crippen LogP contribution in [0.2, 0.25) is 0 Å². The third-order valence-corrected chi connectivity index (χ3v) is 5.20. The highest BCUT2D eigenvalue weighted by Crippen LogP contribution is 2.37. The molecule has 0 atom stereocenters. The quantitative estimate of drug-likeness (QED) is 0.753. The van der Waals surface area contributed by atoms with E-state index in [1.165, 1.54) is 12.1 Å². The number of hydrogen-bond donors (Lipinski definition) is 1. The molecule has 0 spiro atoms. The molecule has 2 aromatic rings. The Hall–Kier alpha value is -2.15. The first kappa shape index (κ1) is 18.6. The van der Waals surface area contributed by atoms with Crippen LogP contribution in [0.4, 0.5) is 14.5 Å². The SMILES string of the molecule is CC(C)Sc1ncccc1-c1cc(F)c(N2CC(CC(=O)O)C2)c(F)c1. The number of nitrogens with zero attached hydrogens (tertiary/aromatic N) is 2. The lowest BCUT2D eigenvalue weighted by atomic mass is 9.95. The van der Waals surface area contributed by atoms with E-state index in [0.29, 0.717) is 29.5 Å². The first-order chi connectivity index (χ1) is 12.3. The van der Waals surface area contributed by atoms with Gasteiger partial charge in [-0.25, -0.2) is 13.8 Å². The summed E-state index contributed by atoms with van der Waals surface area (Å²) in [7, 11) is 0. The summed E-state index contributed by atoms with van der Waals surface area (Å²) in [6, 6.07) is 6.20. The Labute approximate surface area is 155 Å². The topological polar surface area (TPSA) is 53.4 Å². The van der Waals surface area contributed by atoms with Gasteiger partial charge in [-0.2, -0.15) is 0 Å². The van der Waals surface area contributed by atoms with Gasteiger partial charge in [-0.15, -0.1) is 11.8 Å². The van der Waals surface area contributed by atoms with Gasteiger partial charge in [-0.3, -0.25) is 4.79 Å². The van der Waals surface area contributed by atoms with Crippen molar-refractivity contribution >= 4 is 23.4 Å². The first-order valence-corrected chi connectivity index (χ1v) is 9.31. The van der Waals surface area contributed by atoms with E-state index in [1.54, 1.807) is 35.0 Å². The molecule has 1 N–H and O–H groups in total. The molecule has 7 heteroatoms. The Morgan fingerprint density at radius 1 is 1.35 bits per heavy atom. The van der Waals surface area contributed by atoms with Gasteiger partial charge in [0.25, 0.3) is 0 Å². The number of carboxylic acids is 1. The summed E-state index contributed by atoms with van der Waals surface area (Å²) >= 11 is 1.54. The first-order valence-electron chi connectivity index (χ1n) is 8.43. The fourth-order valence-electron chi connectivity index (χ4n) is 3.08. The van der Waals surface area contributed by atoms with Crippen molar-refractivity contribution < 1.29 is 18.7 Å². The molecule has 1 fully saturated rings. The molecule has 26 heavy (non-hydrogen) atoms. The lowest BCUT2D eigenvalue weighted by Gasteiger charge is -2.40. The van der Waals surface area contributed by atoms with Gasteiger partial charge in [0.2, 0.25) is 0 Å². The molecule has 138 valence electrons. The summed E-state index contributed by atoms with van der Waals surface area (Å²) in [6.45, 7) is 4.76. The molecule has 4 nitrogen and oxygen atoms in total. The molecule has 0 unspecified atom stereocenters. The zero-order valence-electron chi connectivity index (χ0n) is 14.6. The fourth-order valence-corrected chi connectivity index (χ4v) is 3.96. The van der Waals surface area contributed by atoms with E-state index in [0.717, 1.165) is 5.03 Å². The van der Waals surface area contributed by atoms with Gasteiger partial charge < -0.3 is 10.0 Å². The van der Waals surface area contributed by atoms with Crippen molar-refractivity contribution in [2.45, 2.75) is 30.5 Å². The van der Waals surface area contributed by atoms with Gasteiger partial charge in [0.05, 0.1) is 6.42 Å². The molecule has 1 aliphatic rings. The predicted molar refractivity (Wildman–Crippen MR) is 98.5 cm³/mol. The third-order valence-electron chi connectivity index (χ3n) is 4.18. The van der Waals surface area contributed by atoms with Crippen molar-refractivity contribution in [1.29, 1.82) is 0 Å². The number of halogens is 2. The Bertz CT molecular complexity index is 800. The molecule has 0 bridgehead atoms. The maximum Gasteiger partial charge on any atom is 0.303 e. The van der Waals surface area contributed by atoms with Crippen molar-refractivity contribution in [2.24, 2.45) is 5.92 Å². The maximum absolute atomic E-state index is 14.6. The lowest BCUT2D eigenvalue weighted by molar-refractivity contribution is -0.138. The minimum atomic E-state index is -0.891. The minimum absolute atomic E-state index is 0.0172. The third kappa shape index (κ3) is 3.98. The van der Waals surface area contributed by atoms with Crippen molar-refractivity contribution in [2.75, 3.05) is 18.0 Å². The second-order valence-corrected chi connectivity index (χ2v) is 8.25. The van der Waals surface area contributed by atoms with E-state index in [-0.39, 0.29) is 18.0 Å². The van der Waals surface area contributed by atoms with Crippen LogP contribution in [0, 0.1) is 17.6 Å². The highest BCUT2D eigenvalue weighted by molar-refractivity contribution is 7.99. The average molecular weight is 378 g/mol. The summed E-state index contributed by atoms with van der Waals surface area (Å²) in [6.07, 6.45) is 1.68. The van der Waals surface area contributed by atoms with Crippen LogP contribution >= 0.6 is 11.8 Å². The summed E-state index contributed by atoms with van der Waals surface area (Å²) in [5.74, 6) is -2.24. The second-order valence-electron chi connectivity index (χ2n) is 6.68. The number of thioether (sulfide) groups is 1. The van der Waals surface area contributed by atoms with Crippen LogP contribution < -0.4 is 4.90 Å². The smallest absolute Gasteiger partial charge is 0.303 e. The number of carbonyl (C=O) groups is 1. The van der Waals surface area contributed by atoms with Gasteiger partial charge in [0.1, 0.15) is 22.3 Å². The molecule has 0 amide bonds. The van der Waals surface area contributed by atoms with E-state index < -0.39 is 17.6 Å². The molecular weight excluding hydrogens is 358 g/mol. The van der Waals surface area contributed by atoms with Crippen molar-refractivity contribution in [3.05, 3.63) is 42.1 Å². The summed E-state index contributed by atoms with van der Waals surface area (Å²) in [5, 5.41) is 9.82. The Morgan fingerprint density at radius 2 is 2.00 bits per heavy atom. The summed E-state index contributed by atoms with van der Waals surface area (Å²) < 4.78 is 29.3. The molecular formula is C19H20F2N2O2S. The van der Waals surface area contributed by atoms with Crippen molar-refractivity contribution in [1.82, 2.24) is 4.98 Å². The Morgan fingerprint density at radius 3 is 2.58 bits per heavy atom. The molecule has 3 rings (SSSR count).